The van der Waals surface area contributed by atoms with Gasteiger partial charge in [0.05, 0.1) is 0 Å². The van der Waals surface area contributed by atoms with Gasteiger partial charge in [-0.3, -0.25) is 0 Å². The molecule has 3 nitrogen and oxygen atoms in total. The Balaban J connectivity index is 1.93. The van der Waals surface area contributed by atoms with E-state index < -0.39 is 12.1 Å². The van der Waals surface area contributed by atoms with Gasteiger partial charge in [-0.25, -0.2) is 4.79 Å². The van der Waals surface area contributed by atoms with Crippen LogP contribution in [0.2, 0.25) is 0 Å². The van der Waals surface area contributed by atoms with Crippen LogP contribution in [0.4, 0.5) is 13.2 Å². The van der Waals surface area contributed by atoms with Crippen molar-refractivity contribution in [3.63, 3.8) is 0 Å². The lowest BCUT2D eigenvalue weighted by molar-refractivity contribution is -0.235. The predicted molar refractivity (Wildman–Crippen MR) is 65.2 cm³/mol. The topological polar surface area (TPSA) is 29.5 Å². The molecule has 1 aromatic rings. The fraction of sp³-hybridized carbons (Fsp3) is 0.417. The van der Waals surface area contributed by atoms with Gasteiger partial charge in [0.1, 0.15) is 0 Å². The second kappa shape index (κ2) is 5.50. The summed E-state index contributed by atoms with van der Waals surface area (Å²) in [7, 11) is 0. The molecular weight excluding hydrogens is 327 g/mol. The summed E-state index contributed by atoms with van der Waals surface area (Å²) < 4.78 is 37.1. The zero-order valence-electron chi connectivity index (χ0n) is 9.78. The summed E-state index contributed by atoms with van der Waals surface area (Å²) in [5.74, 6) is -2.09. The summed E-state index contributed by atoms with van der Waals surface area (Å²) in [6.07, 6.45) is -4.29. The summed E-state index contributed by atoms with van der Waals surface area (Å²) >= 11 is 3.32. The second-order valence-corrected chi connectivity index (χ2v) is 5.22. The Hall–Kier alpha value is -1.08. The zero-order chi connectivity index (χ0) is 14.0. The highest BCUT2D eigenvalue weighted by molar-refractivity contribution is 9.10. The van der Waals surface area contributed by atoms with Gasteiger partial charge in [-0.2, -0.15) is 13.2 Å². The predicted octanol–water partition coefficient (Wildman–Crippen LogP) is 3.26. The third-order valence-electron chi connectivity index (χ3n) is 2.94. The summed E-state index contributed by atoms with van der Waals surface area (Å²) in [4.78, 5) is 15.0. The number of carbonyl (C=O) groups excluding carboxylic acids is 1. The minimum Gasteiger partial charge on any atom is -0.361 e. The highest BCUT2D eigenvalue weighted by Gasteiger charge is 2.43. The van der Waals surface area contributed by atoms with Crippen molar-refractivity contribution < 1.29 is 22.8 Å². The molecule has 0 spiro atoms. The molecule has 1 atom stereocenters. The molecule has 1 unspecified atom stereocenters. The molecule has 1 heterocycles. The first-order chi connectivity index (χ1) is 8.86. The quantitative estimate of drug-likeness (QED) is 0.829. The Morgan fingerprint density at radius 2 is 1.95 bits per heavy atom. The first-order valence-electron chi connectivity index (χ1n) is 5.66. The molecule has 1 saturated heterocycles. The van der Waals surface area contributed by atoms with Crippen LogP contribution >= 0.6 is 15.9 Å². The minimum absolute atomic E-state index is 0.0779. The maximum Gasteiger partial charge on any atom is 0.492 e. The molecule has 0 bridgehead atoms. The maximum atomic E-state index is 12.1. The second-order valence-electron chi connectivity index (χ2n) is 4.30. The van der Waals surface area contributed by atoms with Crippen molar-refractivity contribution in [2.75, 3.05) is 13.1 Å². The van der Waals surface area contributed by atoms with Crippen LogP contribution in [0.25, 0.3) is 0 Å². The number of rotatable bonds is 2. The number of nitrogens with zero attached hydrogens (tertiary/aromatic N) is 1. The summed E-state index contributed by atoms with van der Waals surface area (Å²) in [6, 6.07) is 7.56. The summed E-state index contributed by atoms with van der Waals surface area (Å²) in [5, 5.41) is 1.07. The fourth-order valence-corrected chi connectivity index (χ4v) is 2.25. The van der Waals surface area contributed by atoms with Crippen molar-refractivity contribution in [1.82, 2.24) is 5.06 Å². The molecule has 104 valence electrons. The Labute approximate surface area is 116 Å². The Morgan fingerprint density at radius 3 is 2.53 bits per heavy atom. The number of alkyl halides is 3. The van der Waals surface area contributed by atoms with Gasteiger partial charge in [0.2, 0.25) is 0 Å². The van der Waals surface area contributed by atoms with Crippen molar-refractivity contribution >= 4 is 21.9 Å². The SMILES string of the molecule is O=C(ON1CCC(c2ccc(Br)cc2)C1)C(F)(F)F. The zero-order valence-corrected chi connectivity index (χ0v) is 11.4. The number of halogens is 4. The van der Waals surface area contributed by atoms with Gasteiger partial charge in [0.25, 0.3) is 0 Å². The highest BCUT2D eigenvalue weighted by atomic mass is 79.9. The molecule has 0 amide bonds. The summed E-state index contributed by atoms with van der Waals surface area (Å²) in [6.45, 7) is 0.589. The molecule has 19 heavy (non-hydrogen) atoms. The third kappa shape index (κ3) is 3.70. The van der Waals surface area contributed by atoms with E-state index in [1.54, 1.807) is 0 Å². The van der Waals surface area contributed by atoms with Crippen LogP contribution in [-0.2, 0) is 9.63 Å². The van der Waals surface area contributed by atoms with E-state index >= 15 is 0 Å². The Kier molecular flexibility index (Phi) is 4.15. The molecule has 2 rings (SSSR count). The number of hydrogen-bond acceptors (Lipinski definition) is 3. The normalized spacial score (nSPS) is 20.5. The van der Waals surface area contributed by atoms with E-state index in [9.17, 15) is 18.0 Å². The highest BCUT2D eigenvalue weighted by Crippen LogP contribution is 2.29. The molecule has 0 aromatic heterocycles. The third-order valence-corrected chi connectivity index (χ3v) is 3.46. The van der Waals surface area contributed by atoms with Crippen molar-refractivity contribution in [2.45, 2.75) is 18.5 Å². The monoisotopic (exact) mass is 337 g/mol. The van der Waals surface area contributed by atoms with Crippen molar-refractivity contribution in [3.8, 4) is 0 Å². The van der Waals surface area contributed by atoms with Gasteiger partial charge in [0, 0.05) is 23.5 Å². The molecule has 1 aromatic carbocycles. The standard InChI is InChI=1S/C12H11BrF3NO2/c13-10-3-1-8(2-4-10)9-5-6-17(7-9)19-11(18)12(14,15)16/h1-4,9H,5-7H2. The lowest BCUT2D eigenvalue weighted by Crippen LogP contribution is -2.33. The van der Waals surface area contributed by atoms with E-state index in [-0.39, 0.29) is 12.5 Å². The van der Waals surface area contributed by atoms with Gasteiger partial charge < -0.3 is 4.84 Å². The number of carbonyl (C=O) groups is 1. The van der Waals surface area contributed by atoms with Crippen molar-refractivity contribution in [3.05, 3.63) is 34.3 Å². The summed E-state index contributed by atoms with van der Waals surface area (Å²) in [5.41, 5.74) is 1.02. The van der Waals surface area contributed by atoms with Gasteiger partial charge in [-0.1, -0.05) is 28.1 Å². The molecule has 1 aliphatic rings. The van der Waals surface area contributed by atoms with E-state index in [1.807, 2.05) is 24.3 Å². The fourth-order valence-electron chi connectivity index (χ4n) is 1.99. The molecule has 0 N–H and O–H groups in total. The van der Waals surface area contributed by atoms with Crippen LogP contribution in [0, 0.1) is 0 Å². The van der Waals surface area contributed by atoms with E-state index in [0.29, 0.717) is 13.0 Å². The first-order valence-corrected chi connectivity index (χ1v) is 6.45. The smallest absolute Gasteiger partial charge is 0.361 e. The molecule has 0 saturated carbocycles. The van der Waals surface area contributed by atoms with Gasteiger partial charge in [-0.05, 0) is 24.1 Å². The van der Waals surface area contributed by atoms with Crippen molar-refractivity contribution in [2.24, 2.45) is 0 Å². The van der Waals surface area contributed by atoms with E-state index in [2.05, 4.69) is 20.8 Å². The number of benzene rings is 1. The van der Waals surface area contributed by atoms with Crippen LogP contribution in [-0.4, -0.2) is 30.3 Å². The molecule has 0 aliphatic carbocycles. The van der Waals surface area contributed by atoms with Gasteiger partial charge >= 0.3 is 12.1 Å². The van der Waals surface area contributed by atoms with Crippen LogP contribution in [0.1, 0.15) is 17.9 Å². The van der Waals surface area contributed by atoms with Crippen LogP contribution in [0.5, 0.6) is 0 Å². The molecule has 1 aliphatic heterocycles. The van der Waals surface area contributed by atoms with E-state index in [4.69, 9.17) is 0 Å². The average Bonchev–Trinajstić information content (AvgIpc) is 2.77. The molecule has 7 heteroatoms. The first kappa shape index (κ1) is 14.3. The molecular formula is C12H11BrF3NO2. The van der Waals surface area contributed by atoms with Crippen LogP contribution < -0.4 is 0 Å². The maximum absolute atomic E-state index is 12.1. The van der Waals surface area contributed by atoms with Crippen LogP contribution in [0.15, 0.2) is 28.7 Å². The van der Waals surface area contributed by atoms with E-state index in [1.165, 1.54) is 0 Å². The van der Waals surface area contributed by atoms with Gasteiger partial charge in [0.15, 0.2) is 0 Å². The van der Waals surface area contributed by atoms with Gasteiger partial charge in [-0.15, -0.1) is 5.06 Å². The van der Waals surface area contributed by atoms with E-state index in [0.717, 1.165) is 15.1 Å². The number of hydroxylamine groups is 2. The lowest BCUT2D eigenvalue weighted by Gasteiger charge is -2.16. The number of hydrogen-bond donors (Lipinski definition) is 0. The molecule has 1 fully saturated rings. The largest absolute Gasteiger partial charge is 0.492 e. The Bertz CT molecular complexity index is 461. The van der Waals surface area contributed by atoms with Crippen LogP contribution in [0.3, 0.4) is 0 Å². The van der Waals surface area contributed by atoms with Crippen molar-refractivity contribution in [1.29, 1.82) is 0 Å². The molecule has 0 radical (unpaired) electrons. The minimum atomic E-state index is -4.95. The lowest BCUT2D eigenvalue weighted by atomic mass is 9.99. The average molecular weight is 338 g/mol. The Morgan fingerprint density at radius 1 is 1.32 bits per heavy atom.